The summed E-state index contributed by atoms with van der Waals surface area (Å²) in [7, 11) is 0. The summed E-state index contributed by atoms with van der Waals surface area (Å²) in [6, 6.07) is 15.9. The molecule has 1 aromatic heterocycles. The van der Waals surface area contributed by atoms with E-state index >= 15 is 0 Å². The maximum Gasteiger partial charge on any atom is 0.344 e. The van der Waals surface area contributed by atoms with Gasteiger partial charge >= 0.3 is 11.6 Å². The highest BCUT2D eigenvalue weighted by atomic mass is 16.5. The quantitative estimate of drug-likeness (QED) is 0.748. The second-order valence-electron chi connectivity index (χ2n) is 5.11. The van der Waals surface area contributed by atoms with E-state index < -0.39 is 17.7 Å². The zero-order chi connectivity index (χ0) is 16.4. The Bertz CT molecular complexity index is 912. The maximum atomic E-state index is 12.2. The first-order valence-electron chi connectivity index (χ1n) is 7.07. The average molecular weight is 310 g/mol. The van der Waals surface area contributed by atoms with E-state index in [1.807, 2.05) is 30.3 Å². The molecule has 1 heterocycles. The van der Waals surface area contributed by atoms with Crippen LogP contribution in [-0.2, 0) is 4.79 Å². The van der Waals surface area contributed by atoms with Gasteiger partial charge in [0.25, 0.3) is 0 Å². The molecule has 116 valence electrons. The van der Waals surface area contributed by atoms with Gasteiger partial charge in [0.15, 0.2) is 6.10 Å². The van der Waals surface area contributed by atoms with Crippen molar-refractivity contribution in [3.05, 3.63) is 65.0 Å². The molecule has 5 nitrogen and oxygen atoms in total. The third-order valence-corrected chi connectivity index (χ3v) is 3.45. The maximum absolute atomic E-state index is 12.2. The SMILES string of the molecule is C[C@@H](Oc1ccc2cc(-c3ccccc3)c(=O)oc2c1)C(=O)O. The lowest BCUT2D eigenvalue weighted by molar-refractivity contribution is -0.144. The van der Waals surface area contributed by atoms with Crippen molar-refractivity contribution < 1.29 is 19.1 Å². The first-order valence-corrected chi connectivity index (χ1v) is 7.07. The van der Waals surface area contributed by atoms with Crippen LogP contribution in [0.4, 0.5) is 0 Å². The molecular weight excluding hydrogens is 296 g/mol. The van der Waals surface area contributed by atoms with Crippen molar-refractivity contribution in [2.75, 3.05) is 0 Å². The number of benzene rings is 2. The van der Waals surface area contributed by atoms with Crippen molar-refractivity contribution in [2.24, 2.45) is 0 Å². The standard InChI is InChI=1S/C18H14O5/c1-11(17(19)20)22-14-8-7-13-9-15(12-5-3-2-4-6-12)18(21)23-16(13)10-14/h2-11H,1H3,(H,19,20)/t11-/m1/s1. The van der Waals surface area contributed by atoms with Crippen LogP contribution < -0.4 is 10.4 Å². The third-order valence-electron chi connectivity index (χ3n) is 3.45. The Morgan fingerprint density at radius 1 is 1.13 bits per heavy atom. The van der Waals surface area contributed by atoms with Crippen LogP contribution in [0.3, 0.4) is 0 Å². The van der Waals surface area contributed by atoms with E-state index in [1.54, 1.807) is 18.2 Å². The fourth-order valence-corrected chi connectivity index (χ4v) is 2.24. The molecule has 0 aliphatic rings. The van der Waals surface area contributed by atoms with Gasteiger partial charge in [0.1, 0.15) is 11.3 Å². The minimum atomic E-state index is -1.06. The van der Waals surface area contributed by atoms with Crippen LogP contribution in [0.1, 0.15) is 6.92 Å². The number of rotatable bonds is 4. The van der Waals surface area contributed by atoms with Gasteiger partial charge in [0, 0.05) is 11.5 Å². The Balaban J connectivity index is 2.03. The van der Waals surface area contributed by atoms with E-state index in [2.05, 4.69) is 0 Å². The average Bonchev–Trinajstić information content (AvgIpc) is 2.54. The normalized spacial score (nSPS) is 12.0. The second-order valence-corrected chi connectivity index (χ2v) is 5.11. The van der Waals surface area contributed by atoms with Gasteiger partial charge in [-0.1, -0.05) is 30.3 Å². The topological polar surface area (TPSA) is 76.7 Å². The smallest absolute Gasteiger partial charge is 0.344 e. The summed E-state index contributed by atoms with van der Waals surface area (Å²) < 4.78 is 10.6. The molecule has 0 spiro atoms. The molecule has 0 radical (unpaired) electrons. The highest BCUT2D eigenvalue weighted by Crippen LogP contribution is 2.24. The van der Waals surface area contributed by atoms with Gasteiger partial charge in [-0.2, -0.15) is 0 Å². The van der Waals surface area contributed by atoms with Crippen LogP contribution in [-0.4, -0.2) is 17.2 Å². The van der Waals surface area contributed by atoms with E-state index in [0.29, 0.717) is 16.9 Å². The Hall–Kier alpha value is -3.08. The Morgan fingerprint density at radius 2 is 1.87 bits per heavy atom. The van der Waals surface area contributed by atoms with Gasteiger partial charge < -0.3 is 14.3 Å². The van der Waals surface area contributed by atoms with Crippen molar-refractivity contribution >= 4 is 16.9 Å². The first kappa shape index (κ1) is 14.8. The van der Waals surface area contributed by atoms with Crippen molar-refractivity contribution in [1.82, 2.24) is 0 Å². The Morgan fingerprint density at radius 3 is 2.57 bits per heavy atom. The van der Waals surface area contributed by atoms with Gasteiger partial charge in [-0.05, 0) is 30.7 Å². The summed E-state index contributed by atoms with van der Waals surface area (Å²) in [5.41, 5.74) is 1.16. The molecule has 0 fully saturated rings. The number of carbonyl (C=O) groups is 1. The zero-order valence-corrected chi connectivity index (χ0v) is 12.4. The largest absolute Gasteiger partial charge is 0.479 e. The summed E-state index contributed by atoms with van der Waals surface area (Å²) in [5, 5.41) is 9.60. The molecule has 3 rings (SSSR count). The van der Waals surface area contributed by atoms with E-state index in [-0.39, 0.29) is 0 Å². The van der Waals surface area contributed by atoms with Crippen molar-refractivity contribution in [2.45, 2.75) is 13.0 Å². The summed E-state index contributed by atoms with van der Waals surface area (Å²) in [6.45, 7) is 1.43. The van der Waals surface area contributed by atoms with Gasteiger partial charge in [-0.15, -0.1) is 0 Å². The number of fused-ring (bicyclic) bond motifs is 1. The molecule has 23 heavy (non-hydrogen) atoms. The lowest BCUT2D eigenvalue weighted by Gasteiger charge is -2.10. The summed E-state index contributed by atoms with van der Waals surface area (Å²) in [6.07, 6.45) is -0.984. The number of carboxylic acids is 1. The summed E-state index contributed by atoms with van der Waals surface area (Å²) in [4.78, 5) is 23.0. The van der Waals surface area contributed by atoms with Gasteiger partial charge in [-0.25, -0.2) is 9.59 Å². The second kappa shape index (κ2) is 5.96. The van der Waals surface area contributed by atoms with E-state index in [9.17, 15) is 9.59 Å². The van der Waals surface area contributed by atoms with Gasteiger partial charge in [-0.3, -0.25) is 0 Å². The summed E-state index contributed by atoms with van der Waals surface area (Å²) >= 11 is 0. The molecular formula is C18H14O5. The Labute approximate surface area is 131 Å². The fourth-order valence-electron chi connectivity index (χ4n) is 2.24. The van der Waals surface area contributed by atoms with Crippen LogP contribution in [0, 0.1) is 0 Å². The fraction of sp³-hybridized carbons (Fsp3) is 0.111. The number of ether oxygens (including phenoxy) is 1. The molecule has 0 saturated carbocycles. The van der Waals surface area contributed by atoms with Crippen LogP contribution >= 0.6 is 0 Å². The monoisotopic (exact) mass is 310 g/mol. The molecule has 0 amide bonds. The lowest BCUT2D eigenvalue weighted by atomic mass is 10.1. The molecule has 2 aromatic carbocycles. The predicted molar refractivity (Wildman–Crippen MR) is 85.6 cm³/mol. The number of aliphatic carboxylic acids is 1. The third kappa shape index (κ3) is 3.08. The molecule has 0 unspecified atom stereocenters. The predicted octanol–water partition coefficient (Wildman–Crippen LogP) is 3.31. The number of hydrogen-bond acceptors (Lipinski definition) is 4. The number of hydrogen-bond donors (Lipinski definition) is 1. The zero-order valence-electron chi connectivity index (χ0n) is 12.4. The van der Waals surface area contributed by atoms with Crippen LogP contribution in [0.25, 0.3) is 22.1 Å². The summed E-state index contributed by atoms with van der Waals surface area (Å²) in [5.74, 6) is -0.728. The van der Waals surface area contributed by atoms with Crippen LogP contribution in [0.2, 0.25) is 0 Å². The van der Waals surface area contributed by atoms with E-state index in [1.165, 1.54) is 13.0 Å². The molecule has 5 heteroatoms. The molecule has 0 saturated heterocycles. The van der Waals surface area contributed by atoms with E-state index in [0.717, 1.165) is 10.9 Å². The minimum absolute atomic E-state index is 0.336. The van der Waals surface area contributed by atoms with Crippen molar-refractivity contribution in [3.8, 4) is 16.9 Å². The van der Waals surface area contributed by atoms with E-state index in [4.69, 9.17) is 14.3 Å². The number of carboxylic acid groups (broad SMARTS) is 1. The Kier molecular flexibility index (Phi) is 3.85. The van der Waals surface area contributed by atoms with Gasteiger partial charge in [0.2, 0.25) is 0 Å². The molecule has 1 N–H and O–H groups in total. The molecule has 3 aromatic rings. The van der Waals surface area contributed by atoms with Crippen molar-refractivity contribution in [3.63, 3.8) is 0 Å². The molecule has 0 aliphatic carbocycles. The highest BCUT2D eigenvalue weighted by molar-refractivity contribution is 5.83. The van der Waals surface area contributed by atoms with Gasteiger partial charge in [0.05, 0.1) is 5.56 Å². The van der Waals surface area contributed by atoms with Crippen LogP contribution in [0.15, 0.2) is 63.8 Å². The first-order chi connectivity index (χ1) is 11.0. The molecule has 0 aliphatic heterocycles. The van der Waals surface area contributed by atoms with Crippen LogP contribution in [0.5, 0.6) is 5.75 Å². The molecule has 1 atom stereocenters. The lowest BCUT2D eigenvalue weighted by Crippen LogP contribution is -2.22. The highest BCUT2D eigenvalue weighted by Gasteiger charge is 2.13. The van der Waals surface area contributed by atoms with Crippen molar-refractivity contribution in [1.29, 1.82) is 0 Å². The molecule has 0 bridgehead atoms. The minimum Gasteiger partial charge on any atom is -0.479 e.